The third kappa shape index (κ3) is 2.14. The van der Waals surface area contributed by atoms with E-state index in [0.717, 1.165) is 45.3 Å². The molecule has 3 heterocycles. The number of aromatic nitrogens is 4. The second-order valence-electron chi connectivity index (χ2n) is 6.35. The molecule has 126 valence electrons. The Hall–Kier alpha value is -3.47. The molecule has 5 nitrogen and oxygen atoms in total. The molecule has 0 aliphatic carbocycles. The average Bonchev–Trinajstić information content (AvgIpc) is 3.19. The van der Waals surface area contributed by atoms with E-state index in [0.29, 0.717) is 0 Å². The van der Waals surface area contributed by atoms with Crippen LogP contribution in [0.3, 0.4) is 0 Å². The molecule has 2 aliphatic rings. The van der Waals surface area contributed by atoms with Crippen LogP contribution in [0.1, 0.15) is 11.4 Å². The average molecular weight is 341 g/mol. The van der Waals surface area contributed by atoms with E-state index < -0.39 is 0 Å². The van der Waals surface area contributed by atoms with Gasteiger partial charge < -0.3 is 4.42 Å². The molecule has 0 bridgehead atoms. The second-order valence-corrected chi connectivity index (χ2v) is 6.35. The summed E-state index contributed by atoms with van der Waals surface area (Å²) in [5.41, 5.74) is 5.52. The van der Waals surface area contributed by atoms with Gasteiger partial charge in [0.1, 0.15) is 11.3 Å². The van der Waals surface area contributed by atoms with Gasteiger partial charge in [-0.05, 0) is 36.7 Å². The highest BCUT2D eigenvalue weighted by Crippen LogP contribution is 2.31. The molecular formula is C21H17N4O+. The number of aryl methyl sites for hydroxylation is 2. The topological polar surface area (TPSA) is 47.7 Å². The van der Waals surface area contributed by atoms with Gasteiger partial charge >= 0.3 is 5.89 Å². The Morgan fingerprint density at radius 2 is 1.58 bits per heavy atom. The lowest BCUT2D eigenvalue weighted by Crippen LogP contribution is -2.34. The van der Waals surface area contributed by atoms with Crippen LogP contribution in [-0.4, -0.2) is 14.9 Å². The first-order valence-electron chi connectivity index (χ1n) is 8.55. The monoisotopic (exact) mass is 341 g/mol. The maximum Gasteiger partial charge on any atom is 0.416 e. The summed E-state index contributed by atoms with van der Waals surface area (Å²) < 4.78 is 10.1. The van der Waals surface area contributed by atoms with Crippen LogP contribution in [0.15, 0.2) is 71.1 Å². The Morgan fingerprint density at radius 3 is 2.31 bits per heavy atom. The molecule has 0 fully saturated rings. The van der Waals surface area contributed by atoms with Crippen LogP contribution in [0, 0.1) is 13.8 Å². The minimum Gasteiger partial charge on any atom is -0.383 e. The number of rotatable bonds is 2. The maximum absolute atomic E-state index is 6.36. The van der Waals surface area contributed by atoms with Crippen LogP contribution in [0.5, 0.6) is 0 Å². The molecule has 0 saturated heterocycles. The molecule has 5 rings (SSSR count). The molecule has 2 aromatic carbocycles. The minimum absolute atomic E-state index is 0.721. The molecule has 0 radical (unpaired) electrons. The fourth-order valence-electron chi connectivity index (χ4n) is 3.29. The summed E-state index contributed by atoms with van der Waals surface area (Å²) in [6, 6.07) is 22.2. The van der Waals surface area contributed by atoms with Gasteiger partial charge in [0.15, 0.2) is 0 Å². The van der Waals surface area contributed by atoms with Gasteiger partial charge in [-0.2, -0.15) is 9.78 Å². The van der Waals surface area contributed by atoms with Crippen LogP contribution in [-0.2, 0) is 0 Å². The van der Waals surface area contributed by atoms with Crippen LogP contribution in [0.2, 0.25) is 0 Å². The highest BCUT2D eigenvalue weighted by molar-refractivity contribution is 5.83. The lowest BCUT2D eigenvalue weighted by atomic mass is 10.1. The molecule has 0 saturated carbocycles. The molecule has 0 spiro atoms. The second kappa shape index (κ2) is 5.52. The zero-order chi connectivity index (χ0) is 17.7. The summed E-state index contributed by atoms with van der Waals surface area (Å²) >= 11 is 0. The van der Waals surface area contributed by atoms with Gasteiger partial charge in [-0.15, -0.1) is 0 Å². The van der Waals surface area contributed by atoms with Crippen molar-refractivity contribution in [3.8, 4) is 22.8 Å². The zero-order valence-electron chi connectivity index (χ0n) is 14.5. The number of nitrogens with zero attached hydrogens (tertiary/aromatic N) is 4. The van der Waals surface area contributed by atoms with Crippen molar-refractivity contribution in [2.24, 2.45) is 0 Å². The summed E-state index contributed by atoms with van der Waals surface area (Å²) in [7, 11) is 0. The highest BCUT2D eigenvalue weighted by atomic mass is 16.4. The largest absolute Gasteiger partial charge is 0.416 e. The molecule has 5 heteroatoms. The molecule has 0 N–H and O–H groups in total. The molecule has 1 aromatic heterocycles. The van der Waals surface area contributed by atoms with Crippen molar-refractivity contribution < 1.29 is 9.10 Å². The molecule has 0 atom stereocenters. The van der Waals surface area contributed by atoms with Crippen molar-refractivity contribution in [3.05, 3.63) is 78.1 Å². The van der Waals surface area contributed by atoms with Gasteiger partial charge in [-0.1, -0.05) is 36.4 Å². The van der Waals surface area contributed by atoms with Gasteiger partial charge in [0.05, 0.1) is 16.8 Å². The molecular weight excluding hydrogens is 324 g/mol. The molecule has 0 amide bonds. The first kappa shape index (κ1) is 14.8. The summed E-state index contributed by atoms with van der Waals surface area (Å²) in [5, 5.41) is 10.4. The van der Waals surface area contributed by atoms with E-state index in [2.05, 4.69) is 16.3 Å². The third-order valence-corrected chi connectivity index (χ3v) is 4.61. The van der Waals surface area contributed by atoms with Crippen molar-refractivity contribution in [1.82, 2.24) is 14.9 Å². The van der Waals surface area contributed by atoms with Crippen LogP contribution in [0.25, 0.3) is 33.9 Å². The number of hydrogen-bond acceptors (Lipinski definition) is 3. The van der Waals surface area contributed by atoms with Crippen LogP contribution >= 0.6 is 0 Å². The summed E-state index contributed by atoms with van der Waals surface area (Å²) in [6.07, 6.45) is 0. The Morgan fingerprint density at radius 1 is 0.885 bits per heavy atom. The van der Waals surface area contributed by atoms with E-state index in [1.165, 1.54) is 0 Å². The van der Waals surface area contributed by atoms with Gasteiger partial charge in [0, 0.05) is 17.2 Å². The minimum atomic E-state index is 0.721. The predicted molar refractivity (Wildman–Crippen MR) is 98.8 cm³/mol. The molecule has 0 unspecified atom stereocenters. The van der Waals surface area contributed by atoms with Crippen molar-refractivity contribution in [2.45, 2.75) is 13.8 Å². The number of para-hydroxylation sites is 2. The van der Waals surface area contributed by atoms with Crippen molar-refractivity contribution in [2.75, 3.05) is 0 Å². The number of hydrogen-bond donors (Lipinski definition) is 0. The molecule has 3 aromatic rings. The molecule has 26 heavy (non-hydrogen) atoms. The van der Waals surface area contributed by atoms with Crippen molar-refractivity contribution in [3.63, 3.8) is 0 Å². The van der Waals surface area contributed by atoms with Gasteiger partial charge in [-0.3, -0.25) is 0 Å². The van der Waals surface area contributed by atoms with Crippen molar-refractivity contribution in [1.29, 1.82) is 0 Å². The van der Waals surface area contributed by atoms with E-state index in [4.69, 9.17) is 4.42 Å². The van der Waals surface area contributed by atoms with Crippen LogP contribution < -0.4 is 4.68 Å². The summed E-state index contributed by atoms with van der Waals surface area (Å²) in [5.74, 6) is 0.721. The Bertz CT molecular complexity index is 1190. The Kier molecular flexibility index (Phi) is 3.15. The van der Waals surface area contributed by atoms with E-state index in [1.807, 2.05) is 83.9 Å². The zero-order valence-corrected chi connectivity index (χ0v) is 14.5. The first-order valence-corrected chi connectivity index (χ1v) is 8.55. The maximum atomic E-state index is 6.36. The van der Waals surface area contributed by atoms with Crippen LogP contribution in [0.4, 0.5) is 0 Å². The summed E-state index contributed by atoms with van der Waals surface area (Å²) in [6.45, 7) is 4.00. The summed E-state index contributed by atoms with van der Waals surface area (Å²) in [4.78, 5) is 0. The predicted octanol–water partition coefficient (Wildman–Crippen LogP) is 4.01. The van der Waals surface area contributed by atoms with Gasteiger partial charge in [0.2, 0.25) is 11.4 Å². The van der Waals surface area contributed by atoms with E-state index in [-0.39, 0.29) is 0 Å². The fraction of sp³-hybridized carbons (Fsp3) is 0.0952. The van der Waals surface area contributed by atoms with E-state index in [1.54, 1.807) is 0 Å². The smallest absolute Gasteiger partial charge is 0.383 e. The van der Waals surface area contributed by atoms with Gasteiger partial charge in [0.25, 0.3) is 0 Å². The van der Waals surface area contributed by atoms with Gasteiger partial charge in [-0.25, -0.2) is 0 Å². The number of benzene rings is 2. The Balaban J connectivity index is 1.84. The van der Waals surface area contributed by atoms with E-state index in [9.17, 15) is 0 Å². The standard InChI is InChI=1S/C21H17N4O/c1-14-18-13-19-15(2)23-25(17-11-7-4-8-12-17)21(19)26-20(18)24(22-14)16-9-5-3-6-10-16/h3-13H,1-2H3/q+1. The fourth-order valence-corrected chi connectivity index (χ4v) is 3.29. The number of fused-ring (bicyclic) bond motifs is 2. The molecule has 2 aliphatic heterocycles. The van der Waals surface area contributed by atoms with Crippen molar-refractivity contribution >= 4 is 11.1 Å². The van der Waals surface area contributed by atoms with E-state index >= 15 is 0 Å². The third-order valence-electron chi connectivity index (χ3n) is 4.61. The first-order chi connectivity index (χ1) is 12.7. The lowest BCUT2D eigenvalue weighted by molar-refractivity contribution is -0.652. The SMILES string of the molecule is Cc1n[n+](-c2ccccc2)c2oc3c(cc1-2)c(C)nn3-c1ccccc1. The highest BCUT2D eigenvalue weighted by Gasteiger charge is 2.31. The quantitative estimate of drug-likeness (QED) is 0.456. The normalized spacial score (nSPS) is 11.5. The lowest BCUT2D eigenvalue weighted by Gasteiger charge is -2.02. The Labute approximate surface area is 150 Å².